The fourth-order valence-electron chi connectivity index (χ4n) is 3.57. The predicted octanol–water partition coefficient (Wildman–Crippen LogP) is 4.77. The first-order valence-electron chi connectivity index (χ1n) is 10.1. The molecule has 31 heavy (non-hydrogen) atoms. The lowest BCUT2D eigenvalue weighted by Gasteiger charge is -2.36. The second-order valence-corrected chi connectivity index (χ2v) is 7.72. The van der Waals surface area contributed by atoms with Crippen LogP contribution in [0.3, 0.4) is 0 Å². The van der Waals surface area contributed by atoms with Gasteiger partial charge >= 0.3 is 12.4 Å². The summed E-state index contributed by atoms with van der Waals surface area (Å²) in [5.74, 6) is -0.247. The lowest BCUT2D eigenvalue weighted by Crippen LogP contribution is -2.49. The molecule has 0 unspecified atom stereocenters. The van der Waals surface area contributed by atoms with Crippen molar-refractivity contribution in [3.63, 3.8) is 0 Å². The molecule has 1 aliphatic carbocycles. The van der Waals surface area contributed by atoms with Crippen molar-refractivity contribution in [3.8, 4) is 5.75 Å². The summed E-state index contributed by atoms with van der Waals surface area (Å²) in [5.41, 5.74) is 1.84. The molecule has 0 atom stereocenters. The van der Waals surface area contributed by atoms with Gasteiger partial charge in [-0.1, -0.05) is 18.2 Å². The molecule has 0 aromatic heterocycles. The summed E-state index contributed by atoms with van der Waals surface area (Å²) in [7, 11) is 0. The summed E-state index contributed by atoms with van der Waals surface area (Å²) in [4.78, 5) is 28.3. The summed E-state index contributed by atoms with van der Waals surface area (Å²) in [5, 5.41) is 2.88. The van der Waals surface area contributed by atoms with Crippen molar-refractivity contribution in [1.29, 1.82) is 0 Å². The van der Waals surface area contributed by atoms with Crippen LogP contribution >= 0.6 is 0 Å². The highest BCUT2D eigenvalue weighted by molar-refractivity contribution is 5.96. The van der Waals surface area contributed by atoms with E-state index < -0.39 is 6.36 Å². The molecule has 2 aliphatic rings. The molecular weight excluding hydrogens is 411 g/mol. The van der Waals surface area contributed by atoms with Crippen LogP contribution in [0.5, 0.6) is 5.75 Å². The Bertz CT molecular complexity index is 976. The lowest BCUT2D eigenvalue weighted by molar-refractivity contribution is -0.274. The molecule has 9 heteroatoms. The Morgan fingerprint density at radius 2 is 1.87 bits per heavy atom. The predicted molar refractivity (Wildman–Crippen MR) is 109 cm³/mol. The number of nitrogens with one attached hydrogen (secondary N) is 1. The standard InChI is InChI=1S/C22H22F3N3O3/c23-22(24,25)31-19-7-1-4-15(12-19)14-27-10-3-11-28(21(27)30)18-6-2-5-17(13-18)26-20(29)16-8-9-16/h1-2,4-7,12-13,16H,3,8-11,14H2,(H,26,29). The summed E-state index contributed by atoms with van der Waals surface area (Å²) < 4.78 is 41.4. The van der Waals surface area contributed by atoms with Crippen molar-refractivity contribution in [1.82, 2.24) is 4.90 Å². The minimum Gasteiger partial charge on any atom is -0.406 e. The molecule has 164 valence electrons. The highest BCUT2D eigenvalue weighted by Gasteiger charge is 2.32. The number of ether oxygens (including phenoxy) is 1. The largest absolute Gasteiger partial charge is 0.573 e. The number of halogens is 3. The molecule has 6 nitrogen and oxygen atoms in total. The van der Waals surface area contributed by atoms with E-state index in [1.54, 1.807) is 40.1 Å². The van der Waals surface area contributed by atoms with Gasteiger partial charge in [-0.25, -0.2) is 4.79 Å². The first kappa shape index (κ1) is 21.0. The maximum absolute atomic E-state index is 13.0. The molecule has 1 saturated carbocycles. The lowest BCUT2D eigenvalue weighted by atomic mass is 10.1. The Morgan fingerprint density at radius 3 is 2.61 bits per heavy atom. The Labute approximate surface area is 177 Å². The normalized spacial score (nSPS) is 16.9. The van der Waals surface area contributed by atoms with E-state index in [1.165, 1.54) is 18.2 Å². The van der Waals surface area contributed by atoms with Gasteiger partial charge in [0.05, 0.1) is 0 Å². The van der Waals surface area contributed by atoms with Crippen LogP contribution in [0.25, 0.3) is 0 Å². The number of carbonyl (C=O) groups excluding carboxylic acids is 2. The van der Waals surface area contributed by atoms with Gasteiger partial charge in [0.15, 0.2) is 0 Å². The number of benzene rings is 2. The maximum Gasteiger partial charge on any atom is 0.573 e. The van der Waals surface area contributed by atoms with Gasteiger partial charge in [0, 0.05) is 36.9 Å². The highest BCUT2D eigenvalue weighted by Crippen LogP contribution is 2.31. The van der Waals surface area contributed by atoms with E-state index in [-0.39, 0.29) is 30.2 Å². The molecule has 0 spiro atoms. The van der Waals surface area contributed by atoms with Crippen molar-refractivity contribution in [2.75, 3.05) is 23.3 Å². The zero-order chi connectivity index (χ0) is 22.0. The first-order chi connectivity index (χ1) is 14.8. The number of urea groups is 1. The molecule has 2 aromatic rings. The Morgan fingerprint density at radius 1 is 1.10 bits per heavy atom. The van der Waals surface area contributed by atoms with E-state index in [9.17, 15) is 22.8 Å². The third-order valence-corrected chi connectivity index (χ3v) is 5.19. The number of amides is 3. The monoisotopic (exact) mass is 433 g/mol. The fraction of sp³-hybridized carbons (Fsp3) is 0.364. The Balaban J connectivity index is 1.45. The molecule has 3 amide bonds. The summed E-state index contributed by atoms with van der Waals surface area (Å²) >= 11 is 0. The number of anilines is 2. The molecule has 4 rings (SSSR count). The van der Waals surface area contributed by atoms with Crippen LogP contribution in [0.4, 0.5) is 29.3 Å². The van der Waals surface area contributed by atoms with Crippen LogP contribution in [-0.2, 0) is 11.3 Å². The molecule has 0 bridgehead atoms. The molecule has 2 aromatic carbocycles. The zero-order valence-electron chi connectivity index (χ0n) is 16.7. The van der Waals surface area contributed by atoms with Gasteiger partial charge < -0.3 is 15.0 Å². The molecular formula is C22H22F3N3O3. The van der Waals surface area contributed by atoms with E-state index in [0.717, 1.165) is 12.8 Å². The van der Waals surface area contributed by atoms with E-state index in [4.69, 9.17) is 0 Å². The SMILES string of the molecule is O=C(Nc1cccc(N2CCCN(Cc3cccc(OC(F)(F)F)c3)C2=O)c1)C1CC1. The van der Waals surface area contributed by atoms with Crippen LogP contribution in [-0.4, -0.2) is 36.3 Å². The van der Waals surface area contributed by atoms with Gasteiger partial charge in [0.25, 0.3) is 0 Å². The second kappa shape index (κ2) is 8.49. The van der Waals surface area contributed by atoms with Gasteiger partial charge in [0.1, 0.15) is 5.75 Å². The van der Waals surface area contributed by atoms with E-state index >= 15 is 0 Å². The van der Waals surface area contributed by atoms with Gasteiger partial charge in [-0.05, 0) is 55.2 Å². The summed E-state index contributed by atoms with van der Waals surface area (Å²) in [6.45, 7) is 1.19. The molecule has 0 radical (unpaired) electrons. The van der Waals surface area contributed by atoms with Crippen LogP contribution in [0.15, 0.2) is 48.5 Å². The van der Waals surface area contributed by atoms with Crippen molar-refractivity contribution in [3.05, 3.63) is 54.1 Å². The number of alkyl halides is 3. The number of hydrogen-bond acceptors (Lipinski definition) is 3. The van der Waals surface area contributed by atoms with Crippen LogP contribution in [0, 0.1) is 5.92 Å². The number of carbonyl (C=O) groups is 2. The van der Waals surface area contributed by atoms with Gasteiger partial charge in [-0.2, -0.15) is 0 Å². The molecule has 1 saturated heterocycles. The van der Waals surface area contributed by atoms with Gasteiger partial charge in [-0.3, -0.25) is 9.69 Å². The van der Waals surface area contributed by atoms with Crippen molar-refractivity contribution >= 4 is 23.3 Å². The Kier molecular flexibility index (Phi) is 5.75. The smallest absolute Gasteiger partial charge is 0.406 e. The average molecular weight is 433 g/mol. The van der Waals surface area contributed by atoms with Crippen molar-refractivity contribution in [2.24, 2.45) is 5.92 Å². The number of hydrogen-bond donors (Lipinski definition) is 1. The van der Waals surface area contributed by atoms with E-state index in [0.29, 0.717) is 36.4 Å². The number of nitrogens with zero attached hydrogens (tertiary/aromatic N) is 2. The van der Waals surface area contributed by atoms with Crippen LogP contribution in [0.2, 0.25) is 0 Å². The second-order valence-electron chi connectivity index (χ2n) is 7.72. The van der Waals surface area contributed by atoms with Gasteiger partial charge in [0.2, 0.25) is 5.91 Å². The third-order valence-electron chi connectivity index (χ3n) is 5.19. The van der Waals surface area contributed by atoms with Crippen LogP contribution < -0.4 is 15.0 Å². The fourth-order valence-corrected chi connectivity index (χ4v) is 3.57. The quantitative estimate of drug-likeness (QED) is 0.714. The van der Waals surface area contributed by atoms with E-state index in [2.05, 4.69) is 10.1 Å². The minimum atomic E-state index is -4.77. The molecule has 1 N–H and O–H groups in total. The molecule has 1 aliphatic heterocycles. The summed E-state index contributed by atoms with van der Waals surface area (Å²) in [6.07, 6.45) is -2.25. The zero-order valence-corrected chi connectivity index (χ0v) is 16.7. The molecule has 1 heterocycles. The first-order valence-corrected chi connectivity index (χ1v) is 10.1. The maximum atomic E-state index is 13.0. The topological polar surface area (TPSA) is 61.9 Å². The number of rotatable bonds is 6. The minimum absolute atomic E-state index is 0.00953. The van der Waals surface area contributed by atoms with Crippen LogP contribution in [0.1, 0.15) is 24.8 Å². The third kappa shape index (κ3) is 5.48. The van der Waals surface area contributed by atoms with Gasteiger partial charge in [-0.15, -0.1) is 13.2 Å². The highest BCUT2D eigenvalue weighted by atomic mass is 19.4. The van der Waals surface area contributed by atoms with Crippen molar-refractivity contribution < 1.29 is 27.5 Å². The summed E-state index contributed by atoms with van der Waals surface area (Å²) in [6, 6.07) is 12.5. The van der Waals surface area contributed by atoms with Crippen molar-refractivity contribution in [2.45, 2.75) is 32.2 Å². The Hall–Kier alpha value is -3.23. The average Bonchev–Trinajstić information content (AvgIpc) is 3.54. The molecule has 2 fully saturated rings. The van der Waals surface area contributed by atoms with E-state index in [1.807, 2.05) is 0 Å².